The lowest BCUT2D eigenvalue weighted by atomic mass is 10.1. The maximum Gasteiger partial charge on any atom is 0.416 e. The summed E-state index contributed by atoms with van der Waals surface area (Å²) in [7, 11) is 0. The molecule has 2 aromatic carbocycles. The molecule has 1 aliphatic carbocycles. The van der Waals surface area contributed by atoms with Gasteiger partial charge in [-0.1, -0.05) is 30.3 Å². The van der Waals surface area contributed by atoms with Crippen LogP contribution >= 0.6 is 0 Å². The van der Waals surface area contributed by atoms with Gasteiger partial charge in [-0.25, -0.2) is 4.39 Å². The Morgan fingerprint density at radius 3 is 2.38 bits per heavy atom. The van der Waals surface area contributed by atoms with Crippen molar-refractivity contribution >= 4 is 5.91 Å². The summed E-state index contributed by atoms with van der Waals surface area (Å²) in [4.78, 5) is 12.1. The van der Waals surface area contributed by atoms with Crippen LogP contribution in [0.15, 0.2) is 48.5 Å². The monoisotopic (exact) mass is 337 g/mol. The van der Waals surface area contributed by atoms with Crippen molar-refractivity contribution in [3.05, 3.63) is 71.0 Å². The Balaban J connectivity index is 1.57. The van der Waals surface area contributed by atoms with E-state index in [-0.39, 0.29) is 30.1 Å². The van der Waals surface area contributed by atoms with Crippen LogP contribution in [0.2, 0.25) is 0 Å². The molecule has 0 spiro atoms. The zero-order valence-electron chi connectivity index (χ0n) is 12.6. The van der Waals surface area contributed by atoms with Crippen LogP contribution in [-0.2, 0) is 17.5 Å². The lowest BCUT2D eigenvalue weighted by Crippen LogP contribution is -2.25. The zero-order valence-corrected chi connectivity index (χ0v) is 12.6. The van der Waals surface area contributed by atoms with E-state index in [2.05, 4.69) is 5.32 Å². The predicted octanol–water partition coefficient (Wildman–Crippen LogP) is 4.26. The highest BCUT2D eigenvalue weighted by Crippen LogP contribution is 2.48. The van der Waals surface area contributed by atoms with Gasteiger partial charge in [0.05, 0.1) is 5.56 Å². The Morgan fingerprint density at radius 1 is 1.08 bits per heavy atom. The molecule has 24 heavy (non-hydrogen) atoms. The molecule has 0 aromatic heterocycles. The third-order valence-electron chi connectivity index (χ3n) is 4.20. The number of alkyl halides is 3. The van der Waals surface area contributed by atoms with Crippen LogP contribution < -0.4 is 5.32 Å². The summed E-state index contributed by atoms with van der Waals surface area (Å²) in [5, 5.41) is 2.68. The Bertz CT molecular complexity index is 739. The Kier molecular flexibility index (Phi) is 4.30. The van der Waals surface area contributed by atoms with Crippen LogP contribution in [0.5, 0.6) is 0 Å². The van der Waals surface area contributed by atoms with Crippen molar-refractivity contribution in [3.8, 4) is 0 Å². The molecule has 2 atom stereocenters. The third-order valence-corrected chi connectivity index (χ3v) is 4.20. The van der Waals surface area contributed by atoms with E-state index < -0.39 is 11.7 Å². The molecule has 2 aromatic rings. The molecule has 1 aliphatic rings. The molecule has 6 heteroatoms. The van der Waals surface area contributed by atoms with E-state index in [1.54, 1.807) is 18.2 Å². The van der Waals surface area contributed by atoms with Gasteiger partial charge >= 0.3 is 6.18 Å². The van der Waals surface area contributed by atoms with Crippen LogP contribution in [0.3, 0.4) is 0 Å². The van der Waals surface area contributed by atoms with Crippen molar-refractivity contribution in [2.24, 2.45) is 5.92 Å². The SMILES string of the molecule is O=C(NCc1ccccc1F)C1CC1c1ccc(C(F)(F)F)cc1. The van der Waals surface area contributed by atoms with Gasteiger partial charge in [0.2, 0.25) is 5.91 Å². The van der Waals surface area contributed by atoms with Gasteiger partial charge in [-0.3, -0.25) is 4.79 Å². The normalized spacial score (nSPS) is 19.8. The number of rotatable bonds is 4. The second kappa shape index (κ2) is 6.26. The number of nitrogens with one attached hydrogen (secondary N) is 1. The van der Waals surface area contributed by atoms with E-state index in [1.807, 2.05) is 0 Å². The average Bonchev–Trinajstić information content (AvgIpc) is 3.34. The molecule has 0 aliphatic heterocycles. The van der Waals surface area contributed by atoms with Gasteiger partial charge in [-0.2, -0.15) is 13.2 Å². The first-order chi connectivity index (χ1) is 11.4. The average molecular weight is 337 g/mol. The molecular weight excluding hydrogens is 322 g/mol. The van der Waals surface area contributed by atoms with E-state index in [0.717, 1.165) is 12.1 Å². The maximum absolute atomic E-state index is 13.5. The topological polar surface area (TPSA) is 29.1 Å². The van der Waals surface area contributed by atoms with Crippen LogP contribution in [0, 0.1) is 11.7 Å². The lowest BCUT2D eigenvalue weighted by molar-refractivity contribution is -0.137. The smallest absolute Gasteiger partial charge is 0.352 e. The predicted molar refractivity (Wildman–Crippen MR) is 80.5 cm³/mol. The number of halogens is 4. The molecule has 1 fully saturated rings. The number of hydrogen-bond acceptors (Lipinski definition) is 1. The molecule has 2 nitrogen and oxygen atoms in total. The van der Waals surface area contributed by atoms with Gasteiger partial charge in [0.25, 0.3) is 0 Å². The van der Waals surface area contributed by atoms with Crippen molar-refractivity contribution in [1.82, 2.24) is 5.32 Å². The molecule has 0 heterocycles. The van der Waals surface area contributed by atoms with Crippen molar-refractivity contribution in [1.29, 1.82) is 0 Å². The fourth-order valence-electron chi connectivity index (χ4n) is 2.73. The molecule has 2 unspecified atom stereocenters. The van der Waals surface area contributed by atoms with E-state index in [4.69, 9.17) is 0 Å². The quantitative estimate of drug-likeness (QED) is 0.830. The van der Waals surface area contributed by atoms with Crippen molar-refractivity contribution in [3.63, 3.8) is 0 Å². The summed E-state index contributed by atoms with van der Waals surface area (Å²) in [6.45, 7) is 0.0989. The van der Waals surface area contributed by atoms with Crippen LogP contribution in [-0.4, -0.2) is 5.91 Å². The highest BCUT2D eigenvalue weighted by atomic mass is 19.4. The summed E-state index contributed by atoms with van der Waals surface area (Å²) in [6.07, 6.45) is -3.77. The summed E-state index contributed by atoms with van der Waals surface area (Å²) in [5.41, 5.74) is 0.416. The largest absolute Gasteiger partial charge is 0.416 e. The highest BCUT2D eigenvalue weighted by molar-refractivity contribution is 5.82. The Morgan fingerprint density at radius 2 is 1.75 bits per heavy atom. The summed E-state index contributed by atoms with van der Waals surface area (Å²) >= 11 is 0. The lowest BCUT2D eigenvalue weighted by Gasteiger charge is -2.08. The molecule has 1 saturated carbocycles. The fourth-order valence-corrected chi connectivity index (χ4v) is 2.73. The highest BCUT2D eigenvalue weighted by Gasteiger charge is 2.44. The van der Waals surface area contributed by atoms with Crippen molar-refractivity contribution in [2.45, 2.75) is 25.1 Å². The minimum Gasteiger partial charge on any atom is -0.352 e. The van der Waals surface area contributed by atoms with E-state index >= 15 is 0 Å². The maximum atomic E-state index is 13.5. The minimum atomic E-state index is -4.36. The van der Waals surface area contributed by atoms with Crippen LogP contribution in [0.4, 0.5) is 17.6 Å². The third kappa shape index (κ3) is 3.58. The molecule has 1 amide bonds. The first-order valence-electron chi connectivity index (χ1n) is 7.54. The van der Waals surface area contributed by atoms with Gasteiger partial charge < -0.3 is 5.32 Å². The second-order valence-electron chi connectivity index (χ2n) is 5.88. The first-order valence-corrected chi connectivity index (χ1v) is 7.54. The summed E-state index contributed by atoms with van der Waals surface area (Å²) in [5.74, 6) is -0.933. The van der Waals surface area contributed by atoms with Crippen LogP contribution in [0.25, 0.3) is 0 Å². The van der Waals surface area contributed by atoms with Gasteiger partial charge in [0, 0.05) is 18.0 Å². The molecule has 3 rings (SSSR count). The van der Waals surface area contributed by atoms with E-state index in [1.165, 1.54) is 18.2 Å². The molecule has 0 bridgehead atoms. The molecule has 0 radical (unpaired) electrons. The van der Waals surface area contributed by atoms with Gasteiger partial charge in [0.1, 0.15) is 5.82 Å². The van der Waals surface area contributed by atoms with Gasteiger partial charge in [-0.05, 0) is 36.1 Å². The summed E-state index contributed by atoms with van der Waals surface area (Å²) in [6, 6.07) is 11.1. The van der Waals surface area contributed by atoms with E-state index in [9.17, 15) is 22.4 Å². The number of hydrogen-bond donors (Lipinski definition) is 1. The number of carbonyl (C=O) groups excluding carboxylic acids is 1. The Labute approximate surface area is 136 Å². The molecule has 126 valence electrons. The standard InChI is InChI=1S/C18H15F4NO/c19-16-4-2-1-3-12(16)10-23-17(24)15-9-14(15)11-5-7-13(8-6-11)18(20,21)22/h1-8,14-15H,9-10H2,(H,23,24). The molecular formula is C18H15F4NO. The second-order valence-corrected chi connectivity index (χ2v) is 5.88. The Hall–Kier alpha value is -2.37. The fraction of sp³-hybridized carbons (Fsp3) is 0.278. The van der Waals surface area contributed by atoms with Gasteiger partial charge in [0.15, 0.2) is 0 Å². The number of amides is 1. The molecule has 1 N–H and O–H groups in total. The van der Waals surface area contributed by atoms with Crippen LogP contribution in [0.1, 0.15) is 29.0 Å². The van der Waals surface area contributed by atoms with Gasteiger partial charge in [-0.15, -0.1) is 0 Å². The molecule has 0 saturated heterocycles. The number of carbonyl (C=O) groups is 1. The number of benzene rings is 2. The first kappa shape index (κ1) is 16.5. The van der Waals surface area contributed by atoms with Crippen molar-refractivity contribution in [2.75, 3.05) is 0 Å². The minimum absolute atomic E-state index is 0.0760. The van der Waals surface area contributed by atoms with Crippen molar-refractivity contribution < 1.29 is 22.4 Å². The zero-order chi connectivity index (χ0) is 17.3. The van der Waals surface area contributed by atoms with E-state index in [0.29, 0.717) is 17.5 Å². The summed E-state index contributed by atoms with van der Waals surface area (Å²) < 4.78 is 51.1.